The third-order valence-electron chi connectivity index (χ3n) is 9.91. The number of carbonyl (C=O) groups is 1. The molecule has 1 amide bonds. The van der Waals surface area contributed by atoms with Gasteiger partial charge in [0.1, 0.15) is 23.0 Å². The molecule has 0 aliphatic heterocycles. The average Bonchev–Trinajstić information content (AvgIpc) is 3.32. The highest BCUT2D eigenvalue weighted by atomic mass is 16.6. The van der Waals surface area contributed by atoms with Gasteiger partial charge in [-0.15, -0.1) is 0 Å². The Morgan fingerprint density at radius 2 is 1.25 bits per heavy atom. The van der Waals surface area contributed by atoms with E-state index in [4.69, 9.17) is 33.2 Å². The first kappa shape index (κ1) is 39.5. The molecule has 0 saturated carbocycles. The summed E-state index contributed by atoms with van der Waals surface area (Å²) < 4.78 is 38.5. The van der Waals surface area contributed by atoms with E-state index in [1.165, 1.54) is 33.5 Å². The maximum atomic E-state index is 14.5. The van der Waals surface area contributed by atoms with E-state index >= 15 is 0 Å². The maximum absolute atomic E-state index is 14.5. The quantitative estimate of drug-likeness (QED) is 0.0460. The van der Waals surface area contributed by atoms with Gasteiger partial charge in [-0.05, 0) is 37.1 Å². The van der Waals surface area contributed by atoms with Crippen molar-refractivity contribution in [1.29, 1.82) is 0 Å². The van der Waals surface area contributed by atoms with E-state index in [1.807, 2.05) is 13.0 Å². The van der Waals surface area contributed by atoms with E-state index in [2.05, 4.69) is 10.6 Å². The molecule has 0 bridgehead atoms. The molecule has 0 aromatic heterocycles. The van der Waals surface area contributed by atoms with Gasteiger partial charge in [-0.1, -0.05) is 11.6 Å². The van der Waals surface area contributed by atoms with E-state index in [0.717, 1.165) is 5.57 Å². The fourth-order valence-electron chi connectivity index (χ4n) is 7.56. The second kappa shape index (κ2) is 17.5. The van der Waals surface area contributed by atoms with Crippen LogP contribution in [0.4, 0.5) is 5.69 Å². The first-order valence-electron chi connectivity index (χ1n) is 18.3. The molecule has 0 heterocycles. The fraction of sp³-hybridized carbons (Fsp3) is 0.439. The van der Waals surface area contributed by atoms with Crippen LogP contribution in [0, 0.1) is 0 Å². The summed E-state index contributed by atoms with van der Waals surface area (Å²) in [5.74, 6) is -0.0375. The van der Waals surface area contributed by atoms with Gasteiger partial charge in [0.15, 0.2) is 5.75 Å². The third-order valence-corrected chi connectivity index (χ3v) is 9.91. The third kappa shape index (κ3) is 7.59. The number of rotatable bonds is 21. The van der Waals surface area contributed by atoms with Crippen molar-refractivity contribution in [3.8, 4) is 28.7 Å². The van der Waals surface area contributed by atoms with Crippen molar-refractivity contribution < 1.29 is 48.2 Å². The minimum absolute atomic E-state index is 0.0503. The number of fused-ring (bicyclic) bond motifs is 1. The van der Waals surface area contributed by atoms with Crippen LogP contribution in [0.15, 0.2) is 27.3 Å². The lowest BCUT2D eigenvalue weighted by atomic mass is 9.83. The number of phenols is 2. The van der Waals surface area contributed by atoms with Crippen molar-refractivity contribution in [1.82, 2.24) is 5.32 Å². The molecule has 0 atom stereocenters. The summed E-state index contributed by atoms with van der Waals surface area (Å²) in [5, 5.41) is 32.1. The number of aromatic hydroxyl groups is 2. The molecule has 0 radical (unpaired) electrons. The van der Waals surface area contributed by atoms with Gasteiger partial charge < -0.3 is 54.0 Å². The van der Waals surface area contributed by atoms with Crippen LogP contribution in [-0.2, 0) is 30.2 Å². The zero-order valence-corrected chi connectivity index (χ0v) is 31.9. The summed E-state index contributed by atoms with van der Waals surface area (Å²) in [6.07, 6.45) is 3.66. The number of methoxy groups -OCH3 is 4. The highest BCUT2D eigenvalue weighted by molar-refractivity contribution is 6.39. The van der Waals surface area contributed by atoms with Crippen LogP contribution in [0.1, 0.15) is 37.3 Å². The number of hydrogen-bond acceptors (Lipinski definition) is 13. The van der Waals surface area contributed by atoms with Gasteiger partial charge in [0.25, 0.3) is 0 Å². The van der Waals surface area contributed by atoms with Gasteiger partial charge in [-0.3, -0.25) is 14.4 Å². The van der Waals surface area contributed by atoms with Gasteiger partial charge in [0.05, 0.1) is 84.0 Å². The van der Waals surface area contributed by atoms with E-state index in [9.17, 15) is 24.6 Å². The van der Waals surface area contributed by atoms with Crippen LogP contribution >= 0.6 is 0 Å². The first-order valence-corrected chi connectivity index (χ1v) is 18.3. The van der Waals surface area contributed by atoms with Crippen molar-refractivity contribution in [2.24, 2.45) is 0 Å². The maximum Gasteiger partial charge on any atom is 0.232 e. The number of nitrogens with one attached hydrogen (secondary N) is 2. The molecular weight excluding hydrogens is 712 g/mol. The zero-order valence-electron chi connectivity index (χ0n) is 31.9. The lowest BCUT2D eigenvalue weighted by Crippen LogP contribution is -2.27. The summed E-state index contributed by atoms with van der Waals surface area (Å²) in [4.78, 5) is 41.0. The summed E-state index contributed by atoms with van der Waals surface area (Å²) in [7, 11) is 5.95. The lowest BCUT2D eigenvalue weighted by Gasteiger charge is -2.23. The molecular formula is C41H48N2O12. The average molecular weight is 761 g/mol. The molecule has 0 saturated heterocycles. The van der Waals surface area contributed by atoms with Crippen molar-refractivity contribution in [3.05, 3.63) is 49.3 Å². The molecule has 5 aromatic carbocycles. The fourth-order valence-corrected chi connectivity index (χ4v) is 7.56. The van der Waals surface area contributed by atoms with Gasteiger partial charge >= 0.3 is 0 Å². The molecule has 1 aliphatic rings. The van der Waals surface area contributed by atoms with Crippen molar-refractivity contribution in [2.45, 2.75) is 32.6 Å². The molecule has 0 fully saturated rings. The molecule has 0 unspecified atom stereocenters. The van der Waals surface area contributed by atoms with Crippen LogP contribution in [0.3, 0.4) is 0 Å². The molecule has 5 aromatic rings. The number of unbranched alkanes of at least 4 members (excludes halogenated alkanes) is 1. The van der Waals surface area contributed by atoms with Gasteiger partial charge in [-0.2, -0.15) is 0 Å². The zero-order chi connectivity index (χ0) is 39.2. The van der Waals surface area contributed by atoms with E-state index < -0.39 is 10.9 Å². The molecule has 14 nitrogen and oxygen atoms in total. The summed E-state index contributed by atoms with van der Waals surface area (Å²) in [6.45, 7) is 5.91. The molecule has 294 valence electrons. The summed E-state index contributed by atoms with van der Waals surface area (Å²) in [6, 6.07) is 2.76. The molecule has 6 rings (SSSR count). The summed E-state index contributed by atoms with van der Waals surface area (Å²) in [5.41, 5.74) is 1.47. The number of anilines is 1. The number of hydrogen-bond donors (Lipinski definition) is 4. The van der Waals surface area contributed by atoms with E-state index in [1.54, 1.807) is 7.11 Å². The second-order valence-electron chi connectivity index (χ2n) is 13.4. The van der Waals surface area contributed by atoms with Crippen LogP contribution in [0.2, 0.25) is 0 Å². The van der Waals surface area contributed by atoms with Crippen molar-refractivity contribution in [3.63, 3.8) is 0 Å². The van der Waals surface area contributed by atoms with Crippen LogP contribution in [-0.4, -0.2) is 104 Å². The smallest absolute Gasteiger partial charge is 0.232 e. The standard InChI is InChI=1S/C41H48N2O12/c1-22-18-23-30-31-24(19-22)41(52-5)40(48)33-26(45)21-28(51-4)35(37(31)33)34-27(50-3)20-25(44)32(36(30)34)39(47)38(23)43-9-7-6-8-29(46)42-10-11-53-14-15-55-17-16-54-13-12-49-2/h19-21,43-45H,6-18H2,1-5H3,(H,42,46). The number of amides is 1. The van der Waals surface area contributed by atoms with Crippen molar-refractivity contribution >= 4 is 60.8 Å². The highest BCUT2D eigenvalue weighted by Gasteiger charge is 2.32. The van der Waals surface area contributed by atoms with Gasteiger partial charge in [0, 0.05) is 71.2 Å². The van der Waals surface area contributed by atoms with Gasteiger partial charge in [0.2, 0.25) is 16.8 Å². The minimum atomic E-state index is -0.487. The Bertz CT molecular complexity index is 2340. The summed E-state index contributed by atoms with van der Waals surface area (Å²) >= 11 is 0. The van der Waals surface area contributed by atoms with E-state index in [0.29, 0.717) is 134 Å². The minimum Gasteiger partial charge on any atom is -0.507 e. The number of phenolic OH excluding ortho intramolecular Hbond substituents is 2. The topological polar surface area (TPSA) is 180 Å². The second-order valence-corrected chi connectivity index (χ2v) is 13.4. The number of ether oxygens (including phenoxy) is 7. The monoisotopic (exact) mass is 760 g/mol. The number of benzene rings is 5. The molecule has 14 heteroatoms. The first-order chi connectivity index (χ1) is 26.7. The van der Waals surface area contributed by atoms with E-state index in [-0.39, 0.29) is 45.4 Å². The Kier molecular flexibility index (Phi) is 12.6. The number of allylic oxidation sites excluding steroid dienone is 1. The Morgan fingerprint density at radius 3 is 1.85 bits per heavy atom. The Balaban J connectivity index is 1.24. The van der Waals surface area contributed by atoms with Crippen LogP contribution in [0.5, 0.6) is 28.7 Å². The SMILES string of the molecule is COCCOCCOCCOCCNC(=O)CCCCNc1c2c3c4c(c(OC)c(=O)c5c(O)cc(OC)c(c6c(OC)cc(O)c(c1=O)c63)c54)C=C(C)C2. The van der Waals surface area contributed by atoms with Gasteiger partial charge in [-0.25, -0.2) is 0 Å². The molecule has 0 spiro atoms. The highest BCUT2D eigenvalue weighted by Crippen LogP contribution is 2.54. The Hall–Kier alpha value is -5.15. The largest absolute Gasteiger partial charge is 0.507 e. The molecule has 4 N–H and O–H groups in total. The normalized spacial score (nSPS) is 12.6. The van der Waals surface area contributed by atoms with Crippen LogP contribution in [0.25, 0.3) is 49.2 Å². The Labute approximate surface area is 317 Å². The number of carbonyl (C=O) groups excluding carboxylic acids is 1. The predicted octanol–water partition coefficient (Wildman–Crippen LogP) is 4.69. The Morgan fingerprint density at radius 1 is 0.673 bits per heavy atom. The lowest BCUT2D eigenvalue weighted by molar-refractivity contribution is -0.121. The van der Waals surface area contributed by atoms with Crippen LogP contribution < -0.4 is 35.7 Å². The van der Waals surface area contributed by atoms with Crippen molar-refractivity contribution in [2.75, 3.05) is 93.1 Å². The molecule has 1 aliphatic carbocycles. The predicted molar refractivity (Wildman–Crippen MR) is 211 cm³/mol. The molecule has 55 heavy (non-hydrogen) atoms.